The van der Waals surface area contributed by atoms with E-state index < -0.39 is 11.8 Å². The first-order chi connectivity index (χ1) is 9.97. The van der Waals surface area contributed by atoms with Crippen LogP contribution in [0.2, 0.25) is 5.02 Å². The molecule has 0 fully saturated rings. The van der Waals surface area contributed by atoms with Crippen molar-refractivity contribution in [1.29, 1.82) is 0 Å². The zero-order valence-corrected chi connectivity index (χ0v) is 12.1. The van der Waals surface area contributed by atoms with E-state index in [1.165, 1.54) is 6.07 Å². The van der Waals surface area contributed by atoms with Gasteiger partial charge in [-0.1, -0.05) is 29.8 Å². The number of carbonyl (C=O) groups excluding carboxylic acids is 2. The lowest BCUT2D eigenvalue weighted by Crippen LogP contribution is -2.29. The maximum absolute atomic E-state index is 11.8. The van der Waals surface area contributed by atoms with Crippen LogP contribution in [-0.2, 0) is 9.59 Å². The lowest BCUT2D eigenvalue weighted by Gasteiger charge is -2.09. The number of hydrogen-bond acceptors (Lipinski definition) is 3. The van der Waals surface area contributed by atoms with E-state index in [1.807, 2.05) is 19.1 Å². The molecule has 0 aromatic heterocycles. The molecule has 0 saturated heterocycles. The minimum Gasteiger partial charge on any atom is -0.398 e. The van der Waals surface area contributed by atoms with E-state index >= 15 is 0 Å². The highest BCUT2D eigenvalue weighted by Gasteiger charge is 2.15. The van der Waals surface area contributed by atoms with E-state index in [9.17, 15) is 9.59 Å². The predicted molar refractivity (Wildman–Crippen MR) is 84.3 cm³/mol. The van der Waals surface area contributed by atoms with E-state index in [0.717, 1.165) is 5.56 Å². The van der Waals surface area contributed by atoms with Gasteiger partial charge in [0.15, 0.2) is 0 Å². The van der Waals surface area contributed by atoms with Gasteiger partial charge in [-0.05, 0) is 36.8 Å². The molecule has 2 aromatic rings. The first-order valence-corrected chi connectivity index (χ1v) is 6.58. The van der Waals surface area contributed by atoms with E-state index in [0.29, 0.717) is 22.1 Å². The van der Waals surface area contributed by atoms with Crippen molar-refractivity contribution in [2.75, 3.05) is 16.4 Å². The fourth-order valence-corrected chi connectivity index (χ4v) is 1.87. The third-order valence-corrected chi connectivity index (χ3v) is 3.19. The van der Waals surface area contributed by atoms with Crippen molar-refractivity contribution in [3.63, 3.8) is 0 Å². The van der Waals surface area contributed by atoms with Crippen LogP contribution in [0.4, 0.5) is 17.1 Å². The number of aryl methyl sites for hydroxylation is 1. The van der Waals surface area contributed by atoms with Gasteiger partial charge in [0, 0.05) is 11.4 Å². The summed E-state index contributed by atoms with van der Waals surface area (Å²) in [5.74, 6) is -1.53. The van der Waals surface area contributed by atoms with Gasteiger partial charge in [-0.3, -0.25) is 9.59 Å². The second kappa shape index (κ2) is 6.28. The minimum atomic E-state index is -0.779. The maximum Gasteiger partial charge on any atom is 0.314 e. The van der Waals surface area contributed by atoms with Crippen LogP contribution in [0.1, 0.15) is 5.56 Å². The van der Waals surface area contributed by atoms with Crippen LogP contribution < -0.4 is 16.4 Å². The molecular weight excluding hydrogens is 290 g/mol. The van der Waals surface area contributed by atoms with Crippen molar-refractivity contribution in [3.8, 4) is 0 Å². The average molecular weight is 304 g/mol. The molecule has 0 aliphatic rings. The molecule has 0 bridgehead atoms. The first kappa shape index (κ1) is 14.9. The van der Waals surface area contributed by atoms with E-state index in [4.69, 9.17) is 17.3 Å². The first-order valence-electron chi connectivity index (χ1n) is 6.20. The highest BCUT2D eigenvalue weighted by atomic mass is 35.5. The van der Waals surface area contributed by atoms with Crippen molar-refractivity contribution in [1.82, 2.24) is 0 Å². The van der Waals surface area contributed by atoms with Crippen LogP contribution in [-0.4, -0.2) is 11.8 Å². The predicted octanol–water partition coefficient (Wildman–Crippen LogP) is 2.81. The molecular formula is C15H14ClN3O2. The summed E-state index contributed by atoms with van der Waals surface area (Å²) < 4.78 is 0. The smallest absolute Gasteiger partial charge is 0.314 e. The van der Waals surface area contributed by atoms with Gasteiger partial charge in [0.2, 0.25) is 0 Å². The molecule has 0 aliphatic carbocycles. The average Bonchev–Trinajstić information content (AvgIpc) is 2.45. The summed E-state index contributed by atoms with van der Waals surface area (Å²) in [6.07, 6.45) is 0. The number of halogens is 1. The molecule has 0 spiro atoms. The molecule has 4 N–H and O–H groups in total. The summed E-state index contributed by atoms with van der Waals surface area (Å²) in [6, 6.07) is 11.8. The van der Waals surface area contributed by atoms with Crippen molar-refractivity contribution < 1.29 is 9.59 Å². The number of nitrogens with one attached hydrogen (secondary N) is 2. The Morgan fingerprint density at radius 1 is 1.05 bits per heavy atom. The van der Waals surface area contributed by atoms with Gasteiger partial charge in [0.05, 0.1) is 10.7 Å². The number of amides is 2. The van der Waals surface area contributed by atoms with E-state index in [2.05, 4.69) is 10.6 Å². The summed E-state index contributed by atoms with van der Waals surface area (Å²) in [4.78, 5) is 23.7. The largest absolute Gasteiger partial charge is 0.398 e. The summed E-state index contributed by atoms with van der Waals surface area (Å²) >= 11 is 5.85. The van der Waals surface area contributed by atoms with Gasteiger partial charge in [0.25, 0.3) is 0 Å². The normalized spacial score (nSPS) is 10.0. The Bertz CT molecular complexity index is 701. The Balaban J connectivity index is 2.04. The lowest BCUT2D eigenvalue weighted by atomic mass is 10.2. The van der Waals surface area contributed by atoms with Crippen LogP contribution in [0.3, 0.4) is 0 Å². The standard InChI is InChI=1S/C15H14ClN3O2/c1-9-4-2-3-5-13(9)19-15(21)14(20)18-10-6-7-12(17)11(16)8-10/h2-8H,17H2,1H3,(H,18,20)(H,19,21). The lowest BCUT2D eigenvalue weighted by molar-refractivity contribution is -0.133. The van der Waals surface area contributed by atoms with E-state index in [-0.39, 0.29) is 0 Å². The summed E-state index contributed by atoms with van der Waals surface area (Å²) in [7, 11) is 0. The monoisotopic (exact) mass is 303 g/mol. The van der Waals surface area contributed by atoms with Crippen LogP contribution in [0.25, 0.3) is 0 Å². The fourth-order valence-electron chi connectivity index (χ4n) is 1.68. The zero-order chi connectivity index (χ0) is 15.4. The fraction of sp³-hybridized carbons (Fsp3) is 0.0667. The third kappa shape index (κ3) is 3.73. The second-order valence-corrected chi connectivity index (χ2v) is 4.87. The number of para-hydroxylation sites is 1. The summed E-state index contributed by atoms with van der Waals surface area (Å²) in [5.41, 5.74) is 7.84. The van der Waals surface area contributed by atoms with Gasteiger partial charge >= 0.3 is 11.8 Å². The molecule has 2 aromatic carbocycles. The molecule has 0 heterocycles. The molecule has 0 unspecified atom stereocenters. The van der Waals surface area contributed by atoms with Crippen molar-refractivity contribution >= 4 is 40.5 Å². The number of carbonyl (C=O) groups is 2. The van der Waals surface area contributed by atoms with Gasteiger partial charge < -0.3 is 16.4 Å². The second-order valence-electron chi connectivity index (χ2n) is 4.46. The molecule has 5 nitrogen and oxygen atoms in total. The Morgan fingerprint density at radius 2 is 1.71 bits per heavy atom. The summed E-state index contributed by atoms with van der Waals surface area (Å²) in [5, 5.41) is 5.32. The molecule has 0 aliphatic heterocycles. The Kier molecular flexibility index (Phi) is 4.45. The topological polar surface area (TPSA) is 84.2 Å². The van der Waals surface area contributed by atoms with Gasteiger partial charge in [-0.2, -0.15) is 0 Å². The molecule has 0 radical (unpaired) electrons. The van der Waals surface area contributed by atoms with Crippen LogP contribution >= 0.6 is 11.6 Å². The van der Waals surface area contributed by atoms with Crippen molar-refractivity contribution in [2.45, 2.75) is 6.92 Å². The van der Waals surface area contributed by atoms with Gasteiger partial charge in [-0.25, -0.2) is 0 Å². The molecule has 0 atom stereocenters. The molecule has 108 valence electrons. The number of anilines is 3. The Morgan fingerprint density at radius 3 is 2.38 bits per heavy atom. The van der Waals surface area contributed by atoms with Gasteiger partial charge in [-0.15, -0.1) is 0 Å². The Labute approximate surface area is 127 Å². The van der Waals surface area contributed by atoms with Gasteiger partial charge in [0.1, 0.15) is 0 Å². The molecule has 6 heteroatoms. The third-order valence-electron chi connectivity index (χ3n) is 2.86. The number of nitrogen functional groups attached to an aromatic ring is 1. The van der Waals surface area contributed by atoms with Crippen LogP contribution in [0.15, 0.2) is 42.5 Å². The van der Waals surface area contributed by atoms with Crippen molar-refractivity contribution in [2.24, 2.45) is 0 Å². The molecule has 2 amide bonds. The number of benzene rings is 2. The van der Waals surface area contributed by atoms with Crippen LogP contribution in [0, 0.1) is 6.92 Å². The maximum atomic E-state index is 11.8. The highest BCUT2D eigenvalue weighted by Crippen LogP contribution is 2.22. The number of hydrogen-bond donors (Lipinski definition) is 3. The minimum absolute atomic E-state index is 0.312. The zero-order valence-electron chi connectivity index (χ0n) is 11.3. The van der Waals surface area contributed by atoms with E-state index in [1.54, 1.807) is 24.3 Å². The number of nitrogens with two attached hydrogens (primary N) is 1. The number of rotatable bonds is 2. The Hall–Kier alpha value is -2.53. The summed E-state index contributed by atoms with van der Waals surface area (Å²) in [6.45, 7) is 1.84. The van der Waals surface area contributed by atoms with Crippen molar-refractivity contribution in [3.05, 3.63) is 53.1 Å². The molecule has 21 heavy (non-hydrogen) atoms. The van der Waals surface area contributed by atoms with Crippen LogP contribution in [0.5, 0.6) is 0 Å². The molecule has 2 rings (SSSR count). The SMILES string of the molecule is Cc1ccccc1NC(=O)C(=O)Nc1ccc(N)c(Cl)c1. The molecule has 0 saturated carbocycles. The quantitative estimate of drug-likeness (QED) is 0.589. The highest BCUT2D eigenvalue weighted by molar-refractivity contribution is 6.44.